The molecule has 0 saturated heterocycles. The number of hydrogen-bond acceptors (Lipinski definition) is 5. The van der Waals surface area contributed by atoms with Crippen molar-refractivity contribution >= 4 is 5.69 Å². The number of nitrogens with two attached hydrogens (primary N) is 1. The van der Waals surface area contributed by atoms with Gasteiger partial charge in [0.05, 0.1) is 12.2 Å². The van der Waals surface area contributed by atoms with Crippen molar-refractivity contribution in [1.29, 1.82) is 0 Å². The van der Waals surface area contributed by atoms with Crippen molar-refractivity contribution < 1.29 is 14.9 Å². The summed E-state index contributed by atoms with van der Waals surface area (Å²) in [4.78, 5) is 2.10. The molecule has 104 valence electrons. The predicted octanol–water partition coefficient (Wildman–Crippen LogP) is 0.703. The molecular weight excluding hydrogens is 244 g/mol. The van der Waals surface area contributed by atoms with E-state index in [1.165, 1.54) is 0 Å². The summed E-state index contributed by atoms with van der Waals surface area (Å²) in [6.07, 6.45) is 2.15. The quantitative estimate of drug-likeness (QED) is 0.696. The Balaban J connectivity index is 2.29. The van der Waals surface area contributed by atoms with E-state index in [1.54, 1.807) is 6.07 Å². The van der Waals surface area contributed by atoms with E-state index < -0.39 is 5.60 Å². The first kappa shape index (κ1) is 12.6. The van der Waals surface area contributed by atoms with Crippen LogP contribution < -0.4 is 15.4 Å². The fourth-order valence-corrected chi connectivity index (χ4v) is 3.17. The number of phenols is 1. The Bertz CT molecular complexity index is 518. The summed E-state index contributed by atoms with van der Waals surface area (Å²) in [7, 11) is 1.99. The first-order chi connectivity index (χ1) is 9.07. The molecule has 1 atom stereocenters. The number of aromatic hydroxyl groups is 1. The van der Waals surface area contributed by atoms with Gasteiger partial charge in [-0.2, -0.15) is 0 Å². The third-order valence-corrected chi connectivity index (χ3v) is 4.19. The van der Waals surface area contributed by atoms with Gasteiger partial charge >= 0.3 is 0 Å². The SMILES string of the molecule is CN1CCc2cc(O)c3c(c21)C(O)(CN)CCCO3. The maximum absolute atomic E-state index is 10.9. The minimum absolute atomic E-state index is 0.109. The van der Waals surface area contributed by atoms with Crippen molar-refractivity contribution in [2.75, 3.05) is 31.6 Å². The molecular formula is C14H20N2O3. The molecule has 0 saturated carbocycles. The van der Waals surface area contributed by atoms with Crippen LogP contribution >= 0.6 is 0 Å². The zero-order chi connectivity index (χ0) is 13.6. The van der Waals surface area contributed by atoms with Gasteiger partial charge in [0.25, 0.3) is 0 Å². The van der Waals surface area contributed by atoms with E-state index in [2.05, 4.69) is 4.90 Å². The van der Waals surface area contributed by atoms with E-state index in [4.69, 9.17) is 10.5 Å². The molecule has 0 bridgehead atoms. The smallest absolute Gasteiger partial charge is 0.169 e. The largest absolute Gasteiger partial charge is 0.504 e. The second kappa shape index (κ2) is 4.28. The van der Waals surface area contributed by atoms with Crippen molar-refractivity contribution in [3.8, 4) is 11.5 Å². The van der Waals surface area contributed by atoms with Crippen LogP contribution in [0.5, 0.6) is 11.5 Å². The summed E-state index contributed by atoms with van der Waals surface area (Å²) >= 11 is 0. The van der Waals surface area contributed by atoms with Crippen molar-refractivity contribution in [1.82, 2.24) is 0 Å². The van der Waals surface area contributed by atoms with Crippen molar-refractivity contribution in [3.63, 3.8) is 0 Å². The van der Waals surface area contributed by atoms with Gasteiger partial charge < -0.3 is 25.6 Å². The van der Waals surface area contributed by atoms with Crippen LogP contribution in [-0.4, -0.2) is 37.0 Å². The molecule has 1 aromatic carbocycles. The van der Waals surface area contributed by atoms with Crippen LogP contribution in [0.3, 0.4) is 0 Å². The molecule has 2 aliphatic heterocycles. The maximum atomic E-state index is 10.9. The van der Waals surface area contributed by atoms with E-state index in [9.17, 15) is 10.2 Å². The molecule has 0 fully saturated rings. The van der Waals surface area contributed by atoms with Crippen LogP contribution in [0.4, 0.5) is 5.69 Å². The average molecular weight is 264 g/mol. The lowest BCUT2D eigenvalue weighted by atomic mass is 9.86. The minimum atomic E-state index is -1.12. The van der Waals surface area contributed by atoms with Gasteiger partial charge in [-0.05, 0) is 30.9 Å². The number of aliphatic hydroxyl groups is 1. The summed E-state index contributed by atoms with van der Waals surface area (Å²) in [6.45, 7) is 1.50. The van der Waals surface area contributed by atoms with Crippen LogP contribution in [0.2, 0.25) is 0 Å². The van der Waals surface area contributed by atoms with E-state index in [0.717, 1.165) is 30.6 Å². The fourth-order valence-electron chi connectivity index (χ4n) is 3.17. The zero-order valence-electron chi connectivity index (χ0n) is 11.1. The number of ether oxygens (including phenoxy) is 1. The molecule has 4 N–H and O–H groups in total. The molecule has 0 aromatic heterocycles. The normalized spacial score (nSPS) is 25.5. The Labute approximate surface area is 112 Å². The van der Waals surface area contributed by atoms with E-state index in [-0.39, 0.29) is 12.3 Å². The number of hydrogen-bond donors (Lipinski definition) is 3. The van der Waals surface area contributed by atoms with Crippen LogP contribution in [0, 0.1) is 0 Å². The van der Waals surface area contributed by atoms with Gasteiger partial charge in [-0.1, -0.05) is 0 Å². The molecule has 5 heteroatoms. The van der Waals surface area contributed by atoms with Crippen molar-refractivity contribution in [3.05, 3.63) is 17.2 Å². The van der Waals surface area contributed by atoms with E-state index >= 15 is 0 Å². The van der Waals surface area contributed by atoms with Gasteiger partial charge in [0.2, 0.25) is 0 Å². The van der Waals surface area contributed by atoms with Gasteiger partial charge in [-0.25, -0.2) is 0 Å². The lowest BCUT2D eigenvalue weighted by Crippen LogP contribution is -2.36. The van der Waals surface area contributed by atoms with E-state index in [0.29, 0.717) is 24.3 Å². The summed E-state index contributed by atoms with van der Waals surface area (Å²) in [5.41, 5.74) is 7.38. The molecule has 2 heterocycles. The average Bonchev–Trinajstić information content (AvgIpc) is 2.65. The standard InChI is InChI=1S/C14H20N2O3/c1-16-5-3-9-7-10(17)13-11(12(9)16)14(18,8-15)4-2-6-19-13/h7,17-18H,2-6,8,15H2,1H3. The van der Waals surface area contributed by atoms with Crippen LogP contribution in [0.15, 0.2) is 6.07 Å². The Hall–Kier alpha value is -1.46. The number of benzene rings is 1. The molecule has 3 rings (SSSR count). The topological polar surface area (TPSA) is 79.0 Å². The highest BCUT2D eigenvalue weighted by Crippen LogP contribution is 2.49. The molecule has 1 aromatic rings. The Morgan fingerprint density at radius 1 is 1.53 bits per heavy atom. The van der Waals surface area contributed by atoms with Gasteiger partial charge in [-0.3, -0.25) is 0 Å². The number of anilines is 1. The van der Waals surface area contributed by atoms with Gasteiger partial charge in [0.1, 0.15) is 5.60 Å². The fraction of sp³-hybridized carbons (Fsp3) is 0.571. The number of phenolic OH excluding ortho intramolecular Hbond substituents is 1. The summed E-state index contributed by atoms with van der Waals surface area (Å²) < 4.78 is 5.66. The van der Waals surface area contributed by atoms with Crippen molar-refractivity contribution in [2.45, 2.75) is 24.9 Å². The molecule has 0 radical (unpaired) electrons. The number of fused-ring (bicyclic) bond motifs is 3. The first-order valence-corrected chi connectivity index (χ1v) is 6.72. The third kappa shape index (κ3) is 1.76. The van der Waals surface area contributed by atoms with Crippen molar-refractivity contribution in [2.24, 2.45) is 5.73 Å². The van der Waals surface area contributed by atoms with Crippen LogP contribution in [0.1, 0.15) is 24.0 Å². The first-order valence-electron chi connectivity index (χ1n) is 6.72. The second-order valence-corrected chi connectivity index (χ2v) is 5.47. The molecule has 0 spiro atoms. The van der Waals surface area contributed by atoms with Gasteiger partial charge in [0.15, 0.2) is 11.5 Å². The number of likely N-dealkylation sites (N-methyl/N-ethyl adjacent to an activating group) is 1. The van der Waals surface area contributed by atoms with Crippen LogP contribution in [0.25, 0.3) is 0 Å². The Morgan fingerprint density at radius 2 is 2.32 bits per heavy atom. The van der Waals surface area contributed by atoms with Gasteiger partial charge in [0, 0.05) is 25.8 Å². The second-order valence-electron chi connectivity index (χ2n) is 5.47. The summed E-state index contributed by atoms with van der Waals surface area (Å²) in [5, 5.41) is 21.0. The highest BCUT2D eigenvalue weighted by molar-refractivity contribution is 5.72. The Morgan fingerprint density at radius 3 is 3.05 bits per heavy atom. The monoisotopic (exact) mass is 264 g/mol. The zero-order valence-corrected chi connectivity index (χ0v) is 11.1. The highest BCUT2D eigenvalue weighted by atomic mass is 16.5. The molecule has 19 heavy (non-hydrogen) atoms. The van der Waals surface area contributed by atoms with Gasteiger partial charge in [-0.15, -0.1) is 0 Å². The predicted molar refractivity (Wildman–Crippen MR) is 72.8 cm³/mol. The van der Waals surface area contributed by atoms with Crippen LogP contribution in [-0.2, 0) is 12.0 Å². The summed E-state index contributed by atoms with van der Waals surface area (Å²) in [6, 6.07) is 1.75. The molecule has 2 aliphatic rings. The number of nitrogens with zero attached hydrogens (tertiary/aromatic N) is 1. The molecule has 0 amide bonds. The molecule has 5 nitrogen and oxygen atoms in total. The maximum Gasteiger partial charge on any atom is 0.169 e. The highest BCUT2D eigenvalue weighted by Gasteiger charge is 2.40. The minimum Gasteiger partial charge on any atom is -0.504 e. The summed E-state index contributed by atoms with van der Waals surface area (Å²) in [5.74, 6) is 0.510. The van der Waals surface area contributed by atoms with E-state index in [1.807, 2.05) is 7.05 Å². The molecule has 1 unspecified atom stereocenters. The lowest BCUT2D eigenvalue weighted by molar-refractivity contribution is 0.0378. The number of rotatable bonds is 1. The lowest BCUT2D eigenvalue weighted by Gasteiger charge is -2.30. The Kier molecular flexibility index (Phi) is 2.83. The molecule has 0 aliphatic carbocycles. The third-order valence-electron chi connectivity index (χ3n) is 4.19.